The molecule has 0 aromatic rings. The maximum Gasteiger partial charge on any atom is 0.475 e. The summed E-state index contributed by atoms with van der Waals surface area (Å²) in [7, 11) is -25.7. The van der Waals surface area contributed by atoms with Crippen LogP contribution in [0.5, 0.6) is 0 Å². The van der Waals surface area contributed by atoms with Gasteiger partial charge in [-0.15, -0.1) is 6.58 Å². The van der Waals surface area contributed by atoms with Gasteiger partial charge in [-0.1, -0.05) is 5.70 Å². The molecule has 0 spiro atoms. The molecule has 40 heavy (non-hydrogen) atoms. The van der Waals surface area contributed by atoms with E-state index in [-0.39, 0.29) is 0 Å². The summed E-state index contributed by atoms with van der Waals surface area (Å²) in [5.74, 6) is 0. The molecule has 0 radical (unpaired) electrons. The first-order valence-corrected chi connectivity index (χ1v) is 36.6. The van der Waals surface area contributed by atoms with Gasteiger partial charge in [0.1, 0.15) is 0 Å². The van der Waals surface area contributed by atoms with Crippen LogP contribution in [0.1, 0.15) is 0 Å². The van der Waals surface area contributed by atoms with E-state index in [1.165, 1.54) is 0 Å². The molecule has 234 valence electrons. The first kappa shape index (κ1) is 35.8. The molecular formula is C16H46O14Si10. The molecule has 6 rings (SSSR count). The lowest BCUT2D eigenvalue weighted by Crippen LogP contribution is -2.86. The van der Waals surface area contributed by atoms with Crippen molar-refractivity contribution in [3.63, 3.8) is 0 Å². The molecule has 6 saturated heterocycles. The molecule has 6 aliphatic heterocycles. The van der Waals surface area contributed by atoms with Crippen molar-refractivity contribution in [3.8, 4) is 0 Å². The van der Waals surface area contributed by atoms with Gasteiger partial charge in [0.05, 0.1) is 0 Å². The van der Waals surface area contributed by atoms with Gasteiger partial charge >= 0.3 is 70.4 Å². The van der Waals surface area contributed by atoms with Gasteiger partial charge in [0.15, 0.2) is 9.04 Å². The highest BCUT2D eigenvalue weighted by Gasteiger charge is 2.78. The van der Waals surface area contributed by atoms with Crippen LogP contribution >= 0.6 is 0 Å². The van der Waals surface area contributed by atoms with E-state index in [1.54, 1.807) is 66.6 Å². The summed E-state index contributed by atoms with van der Waals surface area (Å²) < 4.78 is 86.7. The first-order valence-electron chi connectivity index (χ1n) is 13.0. The predicted octanol–water partition coefficient (Wildman–Crippen LogP) is 2.98. The molecule has 0 amide bonds. The van der Waals surface area contributed by atoms with Crippen LogP contribution in [0.2, 0.25) is 78.6 Å². The average molecular weight is 743 g/mol. The lowest BCUT2D eigenvalue weighted by molar-refractivity contribution is -0.0175. The van der Waals surface area contributed by atoms with Gasteiger partial charge in [-0.2, -0.15) is 0 Å². The van der Waals surface area contributed by atoms with Crippen LogP contribution in [0.15, 0.2) is 12.3 Å². The fourth-order valence-corrected chi connectivity index (χ4v) is 50.1. The van der Waals surface area contributed by atoms with Crippen molar-refractivity contribution in [2.45, 2.75) is 78.6 Å². The fourth-order valence-electron chi connectivity index (χ4n) is 4.62. The summed E-state index contributed by atoms with van der Waals surface area (Å²) in [6, 6.07) is 0. The third-order valence-corrected chi connectivity index (χ3v) is 44.5. The van der Waals surface area contributed by atoms with Crippen molar-refractivity contribution in [1.82, 2.24) is 0 Å². The monoisotopic (exact) mass is 742 g/mol. The van der Waals surface area contributed by atoms with Crippen molar-refractivity contribution >= 4 is 87.8 Å². The van der Waals surface area contributed by atoms with Crippen molar-refractivity contribution < 1.29 is 58.2 Å². The Morgan fingerprint density at radius 1 is 0.500 bits per heavy atom. The number of rotatable bonds is 3. The summed E-state index contributed by atoms with van der Waals surface area (Å²) in [5.41, 5.74) is 1.91. The molecule has 0 N–H and O–H groups in total. The summed E-state index contributed by atoms with van der Waals surface area (Å²) in [5, 5.41) is 0. The number of hydrogen-bond acceptors (Lipinski definition) is 14. The van der Waals surface area contributed by atoms with E-state index in [9.17, 15) is 0 Å². The lowest BCUT2D eigenvalue weighted by atomic mass is 11.3. The van der Waals surface area contributed by atoms with Crippen LogP contribution in [0, 0.1) is 0 Å². The third-order valence-electron chi connectivity index (χ3n) is 5.94. The maximum absolute atomic E-state index is 6.39. The Hall–Kier alpha value is 1.35. The van der Waals surface area contributed by atoms with E-state index in [0.29, 0.717) is 0 Å². The van der Waals surface area contributed by atoms with Crippen molar-refractivity contribution in [2.75, 3.05) is 14.2 Å². The highest BCUT2D eigenvalue weighted by molar-refractivity contribution is 7.02. The molecule has 14 nitrogen and oxygen atoms in total. The Labute approximate surface area is 250 Å². The first-order chi connectivity index (χ1) is 17.9. The van der Waals surface area contributed by atoms with Gasteiger partial charge < -0.3 is 58.2 Å². The Bertz CT molecular complexity index is 710. The molecule has 0 aromatic carbocycles. The SMILES string of the molecule is C=C[Si](C)(C)OC.CO[SiH](C)C.C[Si]12O[Si]3(C)O[Si]4(C)O[Si](C)(O1)O[Si]1(C)O[Si](C)(O2)O[Si](C)(O3)O[Si](C)(O4)O1. The van der Waals surface area contributed by atoms with Gasteiger partial charge in [-0.3, -0.25) is 0 Å². The van der Waals surface area contributed by atoms with Crippen LogP contribution < -0.4 is 0 Å². The van der Waals surface area contributed by atoms with Crippen LogP contribution in [-0.2, 0) is 58.2 Å². The molecule has 6 heterocycles. The van der Waals surface area contributed by atoms with E-state index in [1.807, 2.05) is 5.70 Å². The minimum atomic E-state index is -3.40. The third kappa shape index (κ3) is 8.74. The van der Waals surface area contributed by atoms with Crippen molar-refractivity contribution in [1.29, 1.82) is 0 Å². The molecule has 6 fully saturated rings. The molecule has 0 aliphatic carbocycles. The smallest absolute Gasteiger partial charge is 0.424 e. The molecule has 8 bridgehead atoms. The second-order valence-electron chi connectivity index (χ2n) is 11.4. The number of hydrogen-bond donors (Lipinski definition) is 0. The van der Waals surface area contributed by atoms with E-state index >= 15 is 0 Å². The molecule has 0 aromatic heterocycles. The average Bonchev–Trinajstić information content (AvgIpc) is 2.66. The van der Waals surface area contributed by atoms with Gasteiger partial charge in [-0.05, 0) is 26.2 Å². The summed E-state index contributed by atoms with van der Waals surface area (Å²) in [6.07, 6.45) is 0. The molecule has 0 unspecified atom stereocenters. The zero-order valence-corrected chi connectivity index (χ0v) is 36.2. The maximum atomic E-state index is 6.39. The topological polar surface area (TPSA) is 129 Å². The van der Waals surface area contributed by atoms with Gasteiger partial charge in [-0.25, -0.2) is 0 Å². The van der Waals surface area contributed by atoms with Crippen molar-refractivity contribution in [2.24, 2.45) is 0 Å². The highest BCUT2D eigenvalue weighted by Crippen LogP contribution is 2.47. The van der Waals surface area contributed by atoms with E-state index < -0.39 is 87.8 Å². The molecule has 0 saturated carbocycles. The Balaban J connectivity index is 0.000000311. The minimum Gasteiger partial charge on any atom is -0.424 e. The van der Waals surface area contributed by atoms with E-state index in [4.69, 9.17) is 58.2 Å². The molecule has 24 heteroatoms. The Morgan fingerprint density at radius 2 is 0.650 bits per heavy atom. The zero-order chi connectivity index (χ0) is 30.7. The summed E-state index contributed by atoms with van der Waals surface area (Å²) in [6.45, 7) is 26.1. The Kier molecular flexibility index (Phi) is 10.4. The van der Waals surface area contributed by atoms with Gasteiger partial charge in [0.2, 0.25) is 8.32 Å². The minimum absolute atomic E-state index is 0.650. The largest absolute Gasteiger partial charge is 0.475 e. The second-order valence-corrected chi connectivity index (χ2v) is 41.6. The van der Waals surface area contributed by atoms with Crippen LogP contribution in [0.3, 0.4) is 0 Å². The van der Waals surface area contributed by atoms with Gasteiger partial charge in [0.25, 0.3) is 0 Å². The van der Waals surface area contributed by atoms with Crippen LogP contribution in [-0.4, -0.2) is 102 Å². The van der Waals surface area contributed by atoms with Crippen LogP contribution in [0.25, 0.3) is 0 Å². The summed E-state index contributed by atoms with van der Waals surface area (Å²) >= 11 is 0. The normalized spacial score (nSPS) is 49.4. The highest BCUT2D eigenvalue weighted by atomic mass is 28.6. The molecular weight excluding hydrogens is 697 g/mol. The quantitative estimate of drug-likeness (QED) is 0.393. The fraction of sp³-hybridized carbons (Fsp3) is 0.875. The van der Waals surface area contributed by atoms with Gasteiger partial charge in [0, 0.05) is 66.6 Å². The Morgan fingerprint density at radius 3 is 0.700 bits per heavy atom. The summed E-state index contributed by atoms with van der Waals surface area (Å²) in [4.78, 5) is 0. The predicted molar refractivity (Wildman–Crippen MR) is 167 cm³/mol. The van der Waals surface area contributed by atoms with E-state index in [2.05, 4.69) is 32.8 Å². The van der Waals surface area contributed by atoms with Crippen molar-refractivity contribution in [3.05, 3.63) is 12.3 Å². The second kappa shape index (κ2) is 11.6. The van der Waals surface area contributed by atoms with E-state index in [0.717, 1.165) is 0 Å². The van der Waals surface area contributed by atoms with Crippen LogP contribution in [0.4, 0.5) is 0 Å². The standard InChI is InChI=1S/C8H24O12Si8.C5H12OSi.C3H10OSi/c1-21-9-22(2)12-25(5)14-23(3,10-21)16-27(7)17-24(4,11-21)15-26(6,13-22)19-28(8,18-25)20-27;1-5-7(3,4)6-2;1-4-5(2)3/h1-8H3;5H,1H2,2-4H3;5H,1-3H3. The lowest BCUT2D eigenvalue weighted by Gasteiger charge is -2.60. The molecule has 0 atom stereocenters. The zero-order valence-electron chi connectivity index (χ0n) is 26.1. The molecule has 6 aliphatic rings.